The summed E-state index contributed by atoms with van der Waals surface area (Å²) in [6, 6.07) is 13.9. The van der Waals surface area contributed by atoms with Crippen LogP contribution in [0.3, 0.4) is 0 Å². The van der Waals surface area contributed by atoms with E-state index in [2.05, 4.69) is 17.1 Å². The quantitative estimate of drug-likeness (QED) is 0.735. The summed E-state index contributed by atoms with van der Waals surface area (Å²) in [5.41, 5.74) is 1.93. The van der Waals surface area contributed by atoms with Crippen molar-refractivity contribution in [2.45, 2.75) is 24.4 Å². The Labute approximate surface area is 158 Å². The Balaban J connectivity index is 1.58. The van der Waals surface area contributed by atoms with Gasteiger partial charge >= 0.3 is 0 Å². The van der Waals surface area contributed by atoms with Crippen molar-refractivity contribution in [3.8, 4) is 0 Å². The summed E-state index contributed by atoms with van der Waals surface area (Å²) in [5.74, 6) is -0.232. The van der Waals surface area contributed by atoms with Crippen LogP contribution < -0.4 is 0 Å². The topological polar surface area (TPSA) is 53.5 Å². The Morgan fingerprint density at radius 1 is 1.27 bits per heavy atom. The number of rotatable bonds is 6. The summed E-state index contributed by atoms with van der Waals surface area (Å²) < 4.78 is 0. The highest BCUT2D eigenvalue weighted by atomic mass is 32.2. The fraction of sp³-hybridized carbons (Fsp3) is 0.350. The third-order valence-corrected chi connectivity index (χ3v) is 5.34. The molecular weight excluding hydrogens is 346 g/mol. The van der Waals surface area contributed by atoms with Crippen LogP contribution in [0.2, 0.25) is 0 Å². The fourth-order valence-corrected chi connectivity index (χ4v) is 3.58. The average molecular weight is 369 g/mol. The Kier molecular flexibility index (Phi) is 5.93. The van der Waals surface area contributed by atoms with E-state index in [0.29, 0.717) is 19.6 Å². The van der Waals surface area contributed by atoms with Crippen LogP contribution in [0, 0.1) is 5.92 Å². The molecule has 0 aliphatic carbocycles. The molecule has 6 heteroatoms. The number of carbonyl (C=O) groups excluding carboxylic acids is 2. The molecule has 5 nitrogen and oxygen atoms in total. The number of nitrogens with zero attached hydrogens (tertiary/aromatic N) is 3. The molecule has 0 N–H and O–H groups in total. The first-order valence-corrected chi connectivity index (χ1v) is 9.85. The number of hydrogen-bond donors (Lipinski definition) is 0. The minimum atomic E-state index is -0.276. The summed E-state index contributed by atoms with van der Waals surface area (Å²) in [6.45, 7) is 1.48. The lowest BCUT2D eigenvalue weighted by Gasteiger charge is -2.21. The van der Waals surface area contributed by atoms with E-state index in [1.54, 1.807) is 34.8 Å². The third-order valence-electron chi connectivity index (χ3n) is 4.60. The highest BCUT2D eigenvalue weighted by Gasteiger charge is 2.35. The van der Waals surface area contributed by atoms with Gasteiger partial charge in [-0.2, -0.15) is 0 Å². The summed E-state index contributed by atoms with van der Waals surface area (Å²) in [7, 11) is 1.80. The first-order chi connectivity index (χ1) is 12.6. The monoisotopic (exact) mass is 369 g/mol. The lowest BCUT2D eigenvalue weighted by molar-refractivity contribution is -0.135. The van der Waals surface area contributed by atoms with Gasteiger partial charge in [0.2, 0.25) is 11.8 Å². The molecule has 1 atom stereocenters. The van der Waals surface area contributed by atoms with Crippen molar-refractivity contribution in [3.63, 3.8) is 0 Å². The molecule has 1 aliphatic heterocycles. The summed E-state index contributed by atoms with van der Waals surface area (Å²) in [6.07, 6.45) is 4.04. The van der Waals surface area contributed by atoms with E-state index in [0.717, 1.165) is 11.3 Å². The van der Waals surface area contributed by atoms with Crippen LogP contribution in [-0.4, -0.2) is 46.4 Å². The standard InChI is InChI=1S/C20H23N3O2S/c1-22(12-15-6-8-18(26-2)9-7-15)20(25)16-11-19(24)23(13-16)14-17-5-3-4-10-21-17/h3-10,16H,11-14H2,1-2H3. The van der Waals surface area contributed by atoms with Crippen molar-refractivity contribution < 1.29 is 9.59 Å². The van der Waals surface area contributed by atoms with Crippen molar-refractivity contribution in [2.75, 3.05) is 19.8 Å². The Morgan fingerprint density at radius 2 is 2.04 bits per heavy atom. The maximum absolute atomic E-state index is 12.7. The lowest BCUT2D eigenvalue weighted by atomic mass is 10.1. The molecule has 2 aromatic rings. The molecule has 1 aromatic carbocycles. The number of pyridine rings is 1. The van der Waals surface area contributed by atoms with Crippen molar-refractivity contribution in [3.05, 3.63) is 59.9 Å². The second-order valence-corrected chi connectivity index (χ2v) is 7.42. The molecule has 1 saturated heterocycles. The fourth-order valence-electron chi connectivity index (χ4n) is 3.17. The van der Waals surface area contributed by atoms with Crippen LogP contribution in [0.5, 0.6) is 0 Å². The van der Waals surface area contributed by atoms with Gasteiger partial charge in [0.1, 0.15) is 0 Å². The molecule has 0 radical (unpaired) electrons. The first kappa shape index (κ1) is 18.5. The molecule has 0 saturated carbocycles. The van der Waals surface area contributed by atoms with E-state index in [1.807, 2.05) is 36.6 Å². The normalized spacial score (nSPS) is 16.8. The van der Waals surface area contributed by atoms with E-state index in [4.69, 9.17) is 0 Å². The zero-order valence-corrected chi connectivity index (χ0v) is 15.9. The SMILES string of the molecule is CSc1ccc(CN(C)C(=O)C2CC(=O)N(Cc3ccccn3)C2)cc1. The van der Waals surface area contributed by atoms with Gasteiger partial charge in [-0.3, -0.25) is 14.6 Å². The average Bonchev–Trinajstić information content (AvgIpc) is 3.03. The number of amides is 2. The van der Waals surface area contributed by atoms with Crippen LogP contribution in [0.15, 0.2) is 53.6 Å². The highest BCUT2D eigenvalue weighted by molar-refractivity contribution is 7.98. The molecule has 1 aromatic heterocycles. The summed E-state index contributed by atoms with van der Waals surface area (Å²) in [4.78, 5) is 33.9. The van der Waals surface area contributed by atoms with E-state index < -0.39 is 0 Å². The van der Waals surface area contributed by atoms with Crippen molar-refractivity contribution in [2.24, 2.45) is 5.92 Å². The maximum Gasteiger partial charge on any atom is 0.228 e. The smallest absolute Gasteiger partial charge is 0.228 e. The number of carbonyl (C=O) groups is 2. The number of likely N-dealkylation sites (tertiary alicyclic amines) is 1. The minimum Gasteiger partial charge on any atom is -0.341 e. The number of hydrogen-bond acceptors (Lipinski definition) is 4. The number of aromatic nitrogens is 1. The predicted molar refractivity (Wildman–Crippen MR) is 102 cm³/mol. The second kappa shape index (κ2) is 8.36. The summed E-state index contributed by atoms with van der Waals surface area (Å²) >= 11 is 1.70. The second-order valence-electron chi connectivity index (χ2n) is 6.54. The largest absolute Gasteiger partial charge is 0.341 e. The van der Waals surface area contributed by atoms with Crippen LogP contribution in [0.1, 0.15) is 17.7 Å². The zero-order valence-electron chi connectivity index (χ0n) is 15.1. The molecule has 2 heterocycles. The minimum absolute atomic E-state index is 0.0201. The molecule has 1 unspecified atom stereocenters. The predicted octanol–water partition coefficient (Wildman–Crippen LogP) is 2.81. The molecule has 136 valence electrons. The van der Waals surface area contributed by atoms with Crippen molar-refractivity contribution in [1.29, 1.82) is 0 Å². The van der Waals surface area contributed by atoms with Crippen LogP contribution in [0.25, 0.3) is 0 Å². The Morgan fingerprint density at radius 3 is 2.69 bits per heavy atom. The number of thioether (sulfide) groups is 1. The molecule has 0 bridgehead atoms. The van der Waals surface area contributed by atoms with Gasteiger partial charge in [0, 0.05) is 37.7 Å². The van der Waals surface area contributed by atoms with Gasteiger partial charge in [-0.25, -0.2) is 0 Å². The highest BCUT2D eigenvalue weighted by Crippen LogP contribution is 2.22. The van der Waals surface area contributed by atoms with Gasteiger partial charge in [0.05, 0.1) is 18.2 Å². The van der Waals surface area contributed by atoms with Crippen molar-refractivity contribution in [1.82, 2.24) is 14.8 Å². The molecule has 26 heavy (non-hydrogen) atoms. The zero-order chi connectivity index (χ0) is 18.5. The van der Waals surface area contributed by atoms with Crippen LogP contribution >= 0.6 is 11.8 Å². The van der Waals surface area contributed by atoms with E-state index in [-0.39, 0.29) is 24.2 Å². The van der Waals surface area contributed by atoms with E-state index in [1.165, 1.54) is 4.90 Å². The molecular formula is C20H23N3O2S. The van der Waals surface area contributed by atoms with Gasteiger partial charge in [-0.05, 0) is 36.1 Å². The Hall–Kier alpha value is -2.34. The molecule has 2 amide bonds. The van der Waals surface area contributed by atoms with Gasteiger partial charge in [0.25, 0.3) is 0 Å². The Bertz CT molecular complexity index is 764. The van der Waals surface area contributed by atoms with Gasteiger partial charge in [-0.15, -0.1) is 11.8 Å². The maximum atomic E-state index is 12.7. The number of benzene rings is 1. The van der Waals surface area contributed by atoms with Crippen molar-refractivity contribution >= 4 is 23.6 Å². The van der Waals surface area contributed by atoms with Crippen LogP contribution in [0.4, 0.5) is 0 Å². The van der Waals surface area contributed by atoms with E-state index >= 15 is 0 Å². The van der Waals surface area contributed by atoms with E-state index in [9.17, 15) is 9.59 Å². The summed E-state index contributed by atoms with van der Waals surface area (Å²) in [5, 5.41) is 0. The third kappa shape index (κ3) is 4.43. The van der Waals surface area contributed by atoms with Gasteiger partial charge in [0.15, 0.2) is 0 Å². The molecule has 1 fully saturated rings. The first-order valence-electron chi connectivity index (χ1n) is 8.62. The molecule has 1 aliphatic rings. The lowest BCUT2D eigenvalue weighted by Crippen LogP contribution is -2.34. The van der Waals surface area contributed by atoms with Gasteiger partial charge < -0.3 is 9.80 Å². The van der Waals surface area contributed by atoms with Crippen LogP contribution in [-0.2, 0) is 22.7 Å². The van der Waals surface area contributed by atoms with Gasteiger partial charge in [-0.1, -0.05) is 18.2 Å². The molecule has 0 spiro atoms. The molecule has 3 rings (SSSR count).